The molecule has 1 aliphatic heterocycles. The molecule has 136 valence electrons. The number of aromatic nitrogens is 1. The van der Waals surface area contributed by atoms with Crippen molar-refractivity contribution in [3.63, 3.8) is 0 Å². The van der Waals surface area contributed by atoms with Crippen LogP contribution < -0.4 is 0 Å². The fraction of sp³-hybridized carbons (Fsp3) is 0.222. The molecule has 0 radical (unpaired) electrons. The van der Waals surface area contributed by atoms with Crippen LogP contribution in [0.15, 0.2) is 48.2 Å². The Kier molecular flexibility index (Phi) is 4.14. The van der Waals surface area contributed by atoms with Gasteiger partial charge in [0, 0.05) is 31.4 Å². The highest BCUT2D eigenvalue weighted by Gasteiger charge is 2.39. The van der Waals surface area contributed by atoms with Gasteiger partial charge < -0.3 is 14.0 Å². The van der Waals surface area contributed by atoms with E-state index in [4.69, 9.17) is 9.47 Å². The second kappa shape index (κ2) is 6.05. The van der Waals surface area contributed by atoms with E-state index in [-0.39, 0.29) is 5.57 Å². The topological polar surface area (TPSA) is 57.5 Å². The number of carbonyl (C=O) groups is 2. The van der Waals surface area contributed by atoms with Crippen molar-refractivity contribution < 1.29 is 32.2 Å². The summed E-state index contributed by atoms with van der Waals surface area (Å²) in [5.41, 5.74) is -0.216. The molecule has 1 aromatic heterocycles. The fourth-order valence-corrected chi connectivity index (χ4v) is 2.48. The van der Waals surface area contributed by atoms with Crippen LogP contribution in [0, 0.1) is 0 Å². The van der Waals surface area contributed by atoms with Crippen LogP contribution in [0.1, 0.15) is 25.1 Å². The Morgan fingerprint density at radius 3 is 2.12 bits per heavy atom. The van der Waals surface area contributed by atoms with E-state index in [9.17, 15) is 22.8 Å². The SMILES string of the molecule is CC1(C)OC(=O)C(=Cc2cccn2-c2ccc(C(F)(F)F)cc2)C(=O)O1. The summed E-state index contributed by atoms with van der Waals surface area (Å²) in [4.78, 5) is 24.0. The second-order valence-corrected chi connectivity index (χ2v) is 6.08. The molecule has 0 amide bonds. The van der Waals surface area contributed by atoms with Crippen molar-refractivity contribution in [2.24, 2.45) is 0 Å². The molecular formula is C18H14F3NO4. The molecule has 0 atom stereocenters. The summed E-state index contributed by atoms with van der Waals surface area (Å²) in [5, 5.41) is 0. The molecule has 0 aliphatic carbocycles. The molecule has 3 rings (SSSR count). The van der Waals surface area contributed by atoms with Crippen LogP contribution >= 0.6 is 0 Å². The zero-order valence-corrected chi connectivity index (χ0v) is 13.8. The van der Waals surface area contributed by atoms with Crippen molar-refractivity contribution in [1.29, 1.82) is 0 Å². The highest BCUT2D eigenvalue weighted by molar-refractivity contribution is 6.18. The van der Waals surface area contributed by atoms with Gasteiger partial charge in [0.25, 0.3) is 5.79 Å². The number of alkyl halides is 3. The van der Waals surface area contributed by atoms with Gasteiger partial charge in [-0.05, 0) is 42.5 Å². The van der Waals surface area contributed by atoms with Gasteiger partial charge in [-0.15, -0.1) is 0 Å². The smallest absolute Gasteiger partial charge is 0.416 e. The average molecular weight is 365 g/mol. The molecule has 1 aromatic carbocycles. The van der Waals surface area contributed by atoms with Crippen molar-refractivity contribution >= 4 is 18.0 Å². The summed E-state index contributed by atoms with van der Waals surface area (Å²) in [6, 6.07) is 7.74. The van der Waals surface area contributed by atoms with Crippen LogP contribution in [-0.4, -0.2) is 22.3 Å². The third-order valence-corrected chi connectivity index (χ3v) is 3.66. The molecule has 2 heterocycles. The minimum absolute atomic E-state index is 0.295. The van der Waals surface area contributed by atoms with E-state index in [1.165, 1.54) is 36.6 Å². The number of hydrogen-bond acceptors (Lipinski definition) is 4. The van der Waals surface area contributed by atoms with E-state index in [1.807, 2.05) is 0 Å². The molecule has 0 bridgehead atoms. The van der Waals surface area contributed by atoms with Crippen LogP contribution in [0.3, 0.4) is 0 Å². The first-order valence-corrected chi connectivity index (χ1v) is 7.60. The lowest BCUT2D eigenvalue weighted by Gasteiger charge is -2.29. The first-order chi connectivity index (χ1) is 12.1. The third kappa shape index (κ3) is 3.49. The van der Waals surface area contributed by atoms with Gasteiger partial charge in [-0.25, -0.2) is 9.59 Å². The Bertz CT molecular complexity index is 870. The summed E-state index contributed by atoms with van der Waals surface area (Å²) in [6.07, 6.45) is -1.56. The van der Waals surface area contributed by atoms with Gasteiger partial charge in [0.05, 0.1) is 5.56 Å². The number of hydrogen-bond donors (Lipinski definition) is 0. The summed E-state index contributed by atoms with van der Waals surface area (Å²) < 4.78 is 49.6. The van der Waals surface area contributed by atoms with E-state index in [2.05, 4.69) is 0 Å². The number of esters is 2. The molecular weight excluding hydrogens is 351 g/mol. The molecule has 2 aromatic rings. The zero-order chi connectivity index (χ0) is 19.1. The van der Waals surface area contributed by atoms with Crippen molar-refractivity contribution in [2.45, 2.75) is 25.8 Å². The molecule has 5 nitrogen and oxygen atoms in total. The Labute approximate surface area is 146 Å². The van der Waals surface area contributed by atoms with Gasteiger partial charge in [-0.2, -0.15) is 13.2 Å². The van der Waals surface area contributed by atoms with E-state index in [0.29, 0.717) is 11.4 Å². The summed E-state index contributed by atoms with van der Waals surface area (Å²) in [7, 11) is 0. The van der Waals surface area contributed by atoms with Gasteiger partial charge in [0.1, 0.15) is 5.57 Å². The first-order valence-electron chi connectivity index (χ1n) is 7.60. The minimum Gasteiger partial charge on any atom is -0.419 e. The van der Waals surface area contributed by atoms with Gasteiger partial charge in [-0.1, -0.05) is 0 Å². The van der Waals surface area contributed by atoms with Crippen LogP contribution in [-0.2, 0) is 25.2 Å². The Morgan fingerprint density at radius 1 is 1.00 bits per heavy atom. The maximum absolute atomic E-state index is 12.7. The van der Waals surface area contributed by atoms with Gasteiger partial charge in [-0.3, -0.25) is 0 Å². The lowest BCUT2D eigenvalue weighted by atomic mass is 10.1. The fourth-order valence-electron chi connectivity index (χ4n) is 2.48. The molecule has 26 heavy (non-hydrogen) atoms. The Balaban J connectivity index is 1.94. The summed E-state index contributed by atoms with van der Waals surface area (Å²) >= 11 is 0. The van der Waals surface area contributed by atoms with Crippen LogP contribution in [0.2, 0.25) is 0 Å². The monoisotopic (exact) mass is 365 g/mol. The van der Waals surface area contributed by atoms with Gasteiger partial charge >= 0.3 is 18.1 Å². The Morgan fingerprint density at radius 2 is 1.58 bits per heavy atom. The predicted octanol–water partition coefficient (Wildman–Crippen LogP) is 3.72. The maximum atomic E-state index is 12.7. The summed E-state index contributed by atoms with van der Waals surface area (Å²) in [6.45, 7) is 2.87. The van der Waals surface area contributed by atoms with Crippen LogP contribution in [0.25, 0.3) is 11.8 Å². The number of benzene rings is 1. The zero-order valence-electron chi connectivity index (χ0n) is 13.8. The number of nitrogens with zero attached hydrogens (tertiary/aromatic N) is 1. The van der Waals surface area contributed by atoms with E-state index < -0.39 is 29.5 Å². The molecule has 8 heteroatoms. The average Bonchev–Trinajstić information content (AvgIpc) is 2.97. The standard InChI is InChI=1S/C18H14F3NO4/c1-17(2)25-15(23)14(16(24)26-17)10-13-4-3-9-22(13)12-7-5-11(6-8-12)18(19,20)21/h3-10H,1-2H3. The van der Waals surface area contributed by atoms with Crippen molar-refractivity contribution in [3.05, 3.63) is 59.4 Å². The Hall–Kier alpha value is -3.03. The number of ether oxygens (including phenoxy) is 2. The molecule has 1 aliphatic rings. The number of rotatable bonds is 2. The normalized spacial score (nSPS) is 16.9. The van der Waals surface area contributed by atoms with Crippen molar-refractivity contribution in [2.75, 3.05) is 0 Å². The highest BCUT2D eigenvalue weighted by Crippen LogP contribution is 2.30. The summed E-state index contributed by atoms with van der Waals surface area (Å²) in [5.74, 6) is -3.00. The van der Waals surface area contributed by atoms with Gasteiger partial charge in [0.15, 0.2) is 0 Å². The maximum Gasteiger partial charge on any atom is 0.416 e. The third-order valence-electron chi connectivity index (χ3n) is 3.66. The quantitative estimate of drug-likeness (QED) is 0.462. The number of cyclic esters (lactones) is 2. The lowest BCUT2D eigenvalue weighted by Crippen LogP contribution is -2.41. The lowest BCUT2D eigenvalue weighted by molar-refractivity contribution is -0.222. The van der Waals surface area contributed by atoms with E-state index >= 15 is 0 Å². The molecule has 0 saturated carbocycles. The molecule has 0 unspecified atom stereocenters. The van der Waals surface area contributed by atoms with Crippen LogP contribution in [0.5, 0.6) is 0 Å². The minimum atomic E-state index is -4.43. The highest BCUT2D eigenvalue weighted by atomic mass is 19.4. The van der Waals surface area contributed by atoms with Gasteiger partial charge in [0.2, 0.25) is 0 Å². The second-order valence-electron chi connectivity index (χ2n) is 6.08. The molecule has 0 N–H and O–H groups in total. The van der Waals surface area contributed by atoms with Crippen molar-refractivity contribution in [1.82, 2.24) is 4.57 Å². The number of halogens is 3. The van der Waals surface area contributed by atoms with Crippen LogP contribution in [0.4, 0.5) is 13.2 Å². The predicted molar refractivity (Wildman–Crippen MR) is 85.0 cm³/mol. The number of carbonyl (C=O) groups excluding carboxylic acids is 2. The van der Waals surface area contributed by atoms with E-state index in [1.54, 1.807) is 18.3 Å². The molecule has 1 saturated heterocycles. The largest absolute Gasteiger partial charge is 0.419 e. The first kappa shape index (κ1) is 17.8. The van der Waals surface area contributed by atoms with Crippen molar-refractivity contribution in [3.8, 4) is 5.69 Å². The molecule has 1 fully saturated rings. The van der Waals surface area contributed by atoms with E-state index in [0.717, 1.165) is 12.1 Å². The molecule has 0 spiro atoms.